The predicted octanol–water partition coefficient (Wildman–Crippen LogP) is 4.33. The molecule has 0 saturated carbocycles. The Balaban J connectivity index is 2.38. The number of aromatic nitrogens is 3. The van der Waals surface area contributed by atoms with Crippen LogP contribution in [0.15, 0.2) is 24.3 Å². The lowest BCUT2D eigenvalue weighted by Crippen LogP contribution is -2.08. The minimum absolute atomic E-state index is 0.0561. The summed E-state index contributed by atoms with van der Waals surface area (Å²) in [4.78, 5) is 16.5. The summed E-state index contributed by atoms with van der Waals surface area (Å²) < 4.78 is 18.1. The average molecular weight is 348 g/mol. The van der Waals surface area contributed by atoms with Gasteiger partial charge >= 0.3 is 5.97 Å². The fraction of sp³-hybridized carbons (Fsp3) is 0.235. The summed E-state index contributed by atoms with van der Waals surface area (Å²) >= 11 is 6.61. The van der Waals surface area contributed by atoms with E-state index >= 15 is 0 Å². The van der Waals surface area contributed by atoms with Gasteiger partial charge in [-0.1, -0.05) is 37.6 Å². The largest absolute Gasteiger partial charge is 0.464 e. The number of carbonyl (C=O) groups is 1. The van der Waals surface area contributed by atoms with Crippen LogP contribution in [0.1, 0.15) is 35.9 Å². The number of halogens is 2. The van der Waals surface area contributed by atoms with Crippen LogP contribution in [0.2, 0.25) is 5.02 Å². The molecule has 2 aromatic heterocycles. The Morgan fingerprint density at radius 3 is 2.54 bits per heavy atom. The van der Waals surface area contributed by atoms with Crippen molar-refractivity contribution < 1.29 is 13.9 Å². The summed E-state index contributed by atoms with van der Waals surface area (Å²) in [5.41, 5.74) is 2.20. The lowest BCUT2D eigenvalue weighted by Gasteiger charge is -2.12. The van der Waals surface area contributed by atoms with E-state index in [4.69, 9.17) is 16.3 Å². The number of methoxy groups -OCH3 is 1. The number of ether oxygens (including phenoxy) is 1. The molecule has 7 heteroatoms. The molecule has 2 heterocycles. The second-order valence-electron chi connectivity index (χ2n) is 5.64. The SMILES string of the molecule is COC(=O)c1nc2[nH]nc(C(C)C)c2c(Cl)c1-c1ccc(F)cc1. The third-order valence-corrected chi connectivity index (χ3v) is 4.11. The zero-order valence-corrected chi connectivity index (χ0v) is 14.1. The molecule has 1 N–H and O–H groups in total. The Morgan fingerprint density at radius 1 is 1.29 bits per heavy atom. The second kappa shape index (κ2) is 6.20. The minimum Gasteiger partial charge on any atom is -0.464 e. The molecule has 0 aliphatic heterocycles. The lowest BCUT2D eigenvalue weighted by molar-refractivity contribution is 0.0595. The molecule has 3 rings (SSSR count). The Kier molecular flexibility index (Phi) is 4.24. The molecule has 0 spiro atoms. The molecule has 3 aromatic rings. The van der Waals surface area contributed by atoms with E-state index in [0.29, 0.717) is 27.2 Å². The number of hydrogen-bond donors (Lipinski definition) is 1. The summed E-state index contributed by atoms with van der Waals surface area (Å²) in [6.45, 7) is 3.97. The molecule has 1 aromatic carbocycles. The van der Waals surface area contributed by atoms with Crippen LogP contribution >= 0.6 is 11.6 Å². The quantitative estimate of drug-likeness (QED) is 0.716. The monoisotopic (exact) mass is 347 g/mol. The molecule has 0 aliphatic carbocycles. The van der Waals surface area contributed by atoms with Crippen molar-refractivity contribution in [3.8, 4) is 11.1 Å². The maximum absolute atomic E-state index is 13.2. The van der Waals surface area contributed by atoms with Crippen LogP contribution in [0.25, 0.3) is 22.2 Å². The Bertz CT molecular complexity index is 920. The first-order valence-corrected chi connectivity index (χ1v) is 7.73. The number of esters is 1. The van der Waals surface area contributed by atoms with Gasteiger partial charge < -0.3 is 4.74 Å². The standard InChI is InChI=1S/C17H15ClFN3O2/c1-8(2)14-12-13(18)11(9-4-6-10(19)7-5-9)15(17(23)24-3)20-16(12)22-21-14/h4-8H,1-3H3,(H,20,21,22). The van der Waals surface area contributed by atoms with Gasteiger partial charge in [0.25, 0.3) is 0 Å². The summed E-state index contributed by atoms with van der Waals surface area (Å²) in [6.07, 6.45) is 0. The fourth-order valence-electron chi connectivity index (χ4n) is 2.58. The van der Waals surface area contributed by atoms with E-state index in [-0.39, 0.29) is 17.4 Å². The number of hydrogen-bond acceptors (Lipinski definition) is 4. The summed E-state index contributed by atoms with van der Waals surface area (Å²) in [5.74, 6) is -0.892. The van der Waals surface area contributed by atoms with E-state index in [1.54, 1.807) is 12.1 Å². The molecule has 0 atom stereocenters. The van der Waals surface area contributed by atoms with Crippen LogP contribution in [0.5, 0.6) is 0 Å². The molecule has 5 nitrogen and oxygen atoms in total. The smallest absolute Gasteiger partial charge is 0.357 e. The first-order valence-electron chi connectivity index (χ1n) is 7.35. The van der Waals surface area contributed by atoms with Crippen molar-refractivity contribution in [3.05, 3.63) is 46.5 Å². The van der Waals surface area contributed by atoms with Gasteiger partial charge in [0.2, 0.25) is 0 Å². The minimum atomic E-state index is -0.626. The molecule has 0 fully saturated rings. The van der Waals surface area contributed by atoms with E-state index in [2.05, 4.69) is 15.2 Å². The number of benzene rings is 1. The number of carbonyl (C=O) groups excluding carboxylic acids is 1. The summed E-state index contributed by atoms with van der Waals surface area (Å²) in [5, 5.41) is 8.04. The van der Waals surface area contributed by atoms with Crippen molar-refractivity contribution in [2.45, 2.75) is 19.8 Å². The zero-order valence-electron chi connectivity index (χ0n) is 13.4. The average Bonchev–Trinajstić information content (AvgIpc) is 2.99. The lowest BCUT2D eigenvalue weighted by atomic mass is 9.99. The second-order valence-corrected chi connectivity index (χ2v) is 6.01. The van der Waals surface area contributed by atoms with E-state index in [1.165, 1.54) is 19.2 Å². The van der Waals surface area contributed by atoms with Crippen LogP contribution in [0.3, 0.4) is 0 Å². The third-order valence-electron chi connectivity index (χ3n) is 3.73. The molecule has 0 amide bonds. The van der Waals surface area contributed by atoms with Crippen LogP contribution < -0.4 is 0 Å². The van der Waals surface area contributed by atoms with Crippen LogP contribution in [0.4, 0.5) is 4.39 Å². The number of fused-ring (bicyclic) bond motifs is 1. The van der Waals surface area contributed by atoms with E-state index in [0.717, 1.165) is 5.69 Å². The fourth-order valence-corrected chi connectivity index (χ4v) is 2.97. The molecular formula is C17H15ClFN3O2. The Labute approximate surface area is 142 Å². The van der Waals surface area contributed by atoms with Gasteiger partial charge in [-0.3, -0.25) is 5.10 Å². The third kappa shape index (κ3) is 2.63. The number of H-pyrrole nitrogens is 1. The van der Waals surface area contributed by atoms with E-state index < -0.39 is 5.97 Å². The first kappa shape index (κ1) is 16.4. The van der Waals surface area contributed by atoms with Crippen molar-refractivity contribution in [1.29, 1.82) is 0 Å². The van der Waals surface area contributed by atoms with Gasteiger partial charge in [0.1, 0.15) is 5.82 Å². The van der Waals surface area contributed by atoms with Crippen LogP contribution in [-0.4, -0.2) is 28.3 Å². The molecular weight excluding hydrogens is 333 g/mol. The van der Waals surface area contributed by atoms with Crippen LogP contribution in [0, 0.1) is 5.82 Å². The van der Waals surface area contributed by atoms with Gasteiger partial charge in [0.15, 0.2) is 11.3 Å². The van der Waals surface area contributed by atoms with Crippen molar-refractivity contribution in [2.24, 2.45) is 0 Å². The van der Waals surface area contributed by atoms with Crippen molar-refractivity contribution in [1.82, 2.24) is 15.2 Å². The van der Waals surface area contributed by atoms with Gasteiger partial charge in [0, 0.05) is 5.56 Å². The number of pyridine rings is 1. The summed E-state index contributed by atoms with van der Waals surface area (Å²) in [7, 11) is 1.27. The van der Waals surface area contributed by atoms with Gasteiger partial charge in [-0.25, -0.2) is 14.2 Å². The van der Waals surface area contributed by atoms with E-state index in [9.17, 15) is 9.18 Å². The van der Waals surface area contributed by atoms with Gasteiger partial charge in [-0.05, 0) is 23.6 Å². The van der Waals surface area contributed by atoms with Gasteiger partial charge in [0.05, 0.1) is 23.2 Å². The van der Waals surface area contributed by atoms with Gasteiger partial charge in [-0.15, -0.1) is 0 Å². The first-order chi connectivity index (χ1) is 11.4. The zero-order chi connectivity index (χ0) is 17.4. The van der Waals surface area contributed by atoms with Crippen molar-refractivity contribution in [3.63, 3.8) is 0 Å². The highest BCUT2D eigenvalue weighted by atomic mass is 35.5. The molecule has 124 valence electrons. The maximum Gasteiger partial charge on any atom is 0.357 e. The molecule has 0 bridgehead atoms. The molecule has 0 radical (unpaired) electrons. The van der Waals surface area contributed by atoms with Crippen molar-refractivity contribution in [2.75, 3.05) is 7.11 Å². The maximum atomic E-state index is 13.2. The van der Waals surface area contributed by atoms with Crippen molar-refractivity contribution >= 4 is 28.6 Å². The normalized spacial score (nSPS) is 11.2. The number of nitrogens with zero attached hydrogens (tertiary/aromatic N) is 2. The molecule has 0 aliphatic rings. The topological polar surface area (TPSA) is 67.9 Å². The Hall–Kier alpha value is -2.47. The Morgan fingerprint density at radius 2 is 1.96 bits per heavy atom. The number of rotatable bonds is 3. The number of aromatic amines is 1. The van der Waals surface area contributed by atoms with Gasteiger partial charge in [-0.2, -0.15) is 5.10 Å². The highest BCUT2D eigenvalue weighted by Crippen LogP contribution is 2.38. The highest BCUT2D eigenvalue weighted by Gasteiger charge is 2.25. The number of nitrogens with one attached hydrogen (secondary N) is 1. The molecule has 0 saturated heterocycles. The molecule has 24 heavy (non-hydrogen) atoms. The molecule has 0 unspecified atom stereocenters. The van der Waals surface area contributed by atoms with E-state index in [1.807, 2.05) is 13.8 Å². The predicted molar refractivity (Wildman–Crippen MR) is 89.7 cm³/mol. The summed E-state index contributed by atoms with van der Waals surface area (Å²) in [6, 6.07) is 5.70. The van der Waals surface area contributed by atoms with Crippen LogP contribution in [-0.2, 0) is 4.74 Å². The highest BCUT2D eigenvalue weighted by molar-refractivity contribution is 6.39.